The van der Waals surface area contributed by atoms with Crippen molar-refractivity contribution in [2.45, 2.75) is 26.3 Å². The lowest BCUT2D eigenvalue weighted by molar-refractivity contribution is -0.0249. The van der Waals surface area contributed by atoms with E-state index >= 15 is 0 Å². The van der Waals surface area contributed by atoms with E-state index in [0.717, 1.165) is 0 Å². The zero-order valence-corrected chi connectivity index (χ0v) is 12.5. The topological polar surface area (TPSA) is 78.9 Å². The summed E-state index contributed by atoms with van der Waals surface area (Å²) in [4.78, 5) is 25.4. The molecule has 0 bridgehead atoms. The second kappa shape index (κ2) is 5.73. The Morgan fingerprint density at radius 3 is 2.71 bits per heavy atom. The van der Waals surface area contributed by atoms with E-state index in [9.17, 15) is 14.7 Å². The van der Waals surface area contributed by atoms with Gasteiger partial charge in [-0.25, -0.2) is 9.59 Å². The second-order valence-corrected chi connectivity index (χ2v) is 5.75. The molecule has 1 aromatic carbocycles. The Hall–Kier alpha value is -2.08. The Kier molecular flexibility index (Phi) is 4.18. The molecule has 6 heteroatoms. The van der Waals surface area contributed by atoms with Crippen LogP contribution < -0.4 is 5.32 Å². The summed E-state index contributed by atoms with van der Waals surface area (Å²) in [5.74, 6) is -1.05. The predicted molar refractivity (Wildman–Crippen MR) is 78.8 cm³/mol. The largest absolute Gasteiger partial charge is 0.478 e. The van der Waals surface area contributed by atoms with Crippen molar-refractivity contribution in [3.63, 3.8) is 0 Å². The lowest BCUT2D eigenvalue weighted by Crippen LogP contribution is -2.56. The van der Waals surface area contributed by atoms with Crippen molar-refractivity contribution in [2.75, 3.05) is 25.1 Å². The molecule has 114 valence electrons. The number of carboxylic acid groups (broad SMARTS) is 1. The number of anilines is 1. The molecule has 21 heavy (non-hydrogen) atoms. The van der Waals surface area contributed by atoms with Crippen LogP contribution in [0.5, 0.6) is 0 Å². The quantitative estimate of drug-likeness (QED) is 0.877. The van der Waals surface area contributed by atoms with E-state index in [-0.39, 0.29) is 11.6 Å². The lowest BCUT2D eigenvalue weighted by atomic mass is 10.0. The lowest BCUT2D eigenvalue weighted by Gasteiger charge is -2.41. The second-order valence-electron chi connectivity index (χ2n) is 5.75. The molecule has 1 fully saturated rings. The number of urea groups is 1. The average Bonchev–Trinajstić information content (AvgIpc) is 2.37. The molecular formula is C15H20N2O4. The molecule has 1 aromatic rings. The third-order valence-corrected chi connectivity index (χ3v) is 3.62. The maximum absolute atomic E-state index is 12.4. The zero-order chi connectivity index (χ0) is 15.6. The van der Waals surface area contributed by atoms with E-state index < -0.39 is 11.5 Å². The number of nitrogens with one attached hydrogen (secondary N) is 1. The van der Waals surface area contributed by atoms with Gasteiger partial charge in [-0.1, -0.05) is 12.1 Å². The molecule has 0 spiro atoms. The maximum atomic E-state index is 12.4. The Morgan fingerprint density at radius 2 is 2.10 bits per heavy atom. The van der Waals surface area contributed by atoms with Crippen LogP contribution in [0.1, 0.15) is 29.8 Å². The monoisotopic (exact) mass is 292 g/mol. The fraction of sp³-hybridized carbons (Fsp3) is 0.467. The number of amides is 2. The van der Waals surface area contributed by atoms with Crippen molar-refractivity contribution in [3.05, 3.63) is 29.3 Å². The van der Waals surface area contributed by atoms with Gasteiger partial charge in [0.15, 0.2) is 0 Å². The van der Waals surface area contributed by atoms with Gasteiger partial charge in [-0.2, -0.15) is 0 Å². The van der Waals surface area contributed by atoms with Gasteiger partial charge in [0.25, 0.3) is 0 Å². The van der Waals surface area contributed by atoms with Gasteiger partial charge < -0.3 is 20.1 Å². The smallest absolute Gasteiger partial charge is 0.338 e. The third kappa shape index (κ3) is 3.16. The standard InChI is InChI=1S/C15H20N2O4/c1-10-5-4-6-11(12(10)13(18)19)16-14(20)17-7-8-21-9-15(17,2)3/h4-6H,7-9H2,1-3H3,(H,16,20)(H,18,19). The first-order chi connectivity index (χ1) is 9.83. The Labute approximate surface area is 123 Å². The first-order valence-electron chi connectivity index (χ1n) is 6.82. The van der Waals surface area contributed by atoms with E-state index in [1.54, 1.807) is 30.0 Å². The fourth-order valence-electron chi connectivity index (χ4n) is 2.47. The van der Waals surface area contributed by atoms with Crippen LogP contribution in [0.2, 0.25) is 0 Å². The SMILES string of the molecule is Cc1cccc(NC(=O)N2CCOCC2(C)C)c1C(=O)O. The highest BCUT2D eigenvalue weighted by Gasteiger charge is 2.34. The molecular weight excluding hydrogens is 272 g/mol. The molecule has 1 aliphatic rings. The molecule has 0 atom stereocenters. The van der Waals surface area contributed by atoms with Gasteiger partial charge in [0, 0.05) is 6.54 Å². The van der Waals surface area contributed by atoms with E-state index in [2.05, 4.69) is 5.32 Å². The number of rotatable bonds is 2. The molecule has 2 rings (SSSR count). The molecule has 1 aliphatic heterocycles. The van der Waals surface area contributed by atoms with E-state index in [4.69, 9.17) is 4.74 Å². The molecule has 0 aliphatic carbocycles. The molecule has 2 N–H and O–H groups in total. The molecule has 1 saturated heterocycles. The first-order valence-corrected chi connectivity index (χ1v) is 6.82. The summed E-state index contributed by atoms with van der Waals surface area (Å²) in [6.07, 6.45) is 0. The summed E-state index contributed by atoms with van der Waals surface area (Å²) >= 11 is 0. The number of nitrogens with zero attached hydrogens (tertiary/aromatic N) is 1. The highest BCUT2D eigenvalue weighted by atomic mass is 16.5. The summed E-state index contributed by atoms with van der Waals surface area (Å²) < 4.78 is 5.38. The minimum absolute atomic E-state index is 0.122. The van der Waals surface area contributed by atoms with Crippen molar-refractivity contribution in [3.8, 4) is 0 Å². The van der Waals surface area contributed by atoms with E-state index in [0.29, 0.717) is 31.0 Å². The number of aryl methyl sites for hydroxylation is 1. The normalized spacial score (nSPS) is 17.4. The fourth-order valence-corrected chi connectivity index (χ4v) is 2.47. The Bertz CT molecular complexity index is 569. The van der Waals surface area contributed by atoms with Crippen LogP contribution in [0, 0.1) is 6.92 Å². The number of hydrogen-bond acceptors (Lipinski definition) is 3. The van der Waals surface area contributed by atoms with Crippen LogP contribution in [-0.2, 0) is 4.74 Å². The number of carbonyl (C=O) groups is 2. The van der Waals surface area contributed by atoms with Crippen molar-refractivity contribution >= 4 is 17.7 Å². The highest BCUT2D eigenvalue weighted by molar-refractivity contribution is 6.01. The van der Waals surface area contributed by atoms with Gasteiger partial charge >= 0.3 is 12.0 Å². The van der Waals surface area contributed by atoms with Gasteiger partial charge in [0.2, 0.25) is 0 Å². The van der Waals surface area contributed by atoms with Crippen LogP contribution in [-0.4, -0.2) is 47.3 Å². The number of carbonyl (C=O) groups excluding carboxylic acids is 1. The van der Waals surface area contributed by atoms with Crippen molar-refractivity contribution in [2.24, 2.45) is 0 Å². The summed E-state index contributed by atoms with van der Waals surface area (Å²) in [5.41, 5.74) is 0.628. The number of carboxylic acids is 1. The molecule has 0 radical (unpaired) electrons. The van der Waals surface area contributed by atoms with Crippen molar-refractivity contribution < 1.29 is 19.4 Å². The van der Waals surface area contributed by atoms with E-state index in [1.807, 2.05) is 13.8 Å². The van der Waals surface area contributed by atoms with Gasteiger partial charge in [-0.15, -0.1) is 0 Å². The summed E-state index contributed by atoms with van der Waals surface area (Å²) in [7, 11) is 0. The number of ether oxygens (including phenoxy) is 1. The van der Waals surface area contributed by atoms with Crippen LogP contribution >= 0.6 is 0 Å². The summed E-state index contributed by atoms with van der Waals surface area (Å²) in [6, 6.07) is 4.72. The molecule has 0 unspecified atom stereocenters. The van der Waals surface area contributed by atoms with Crippen LogP contribution in [0.3, 0.4) is 0 Å². The molecule has 6 nitrogen and oxygen atoms in total. The highest BCUT2D eigenvalue weighted by Crippen LogP contribution is 2.23. The number of benzene rings is 1. The zero-order valence-electron chi connectivity index (χ0n) is 12.5. The van der Waals surface area contributed by atoms with Crippen LogP contribution in [0.4, 0.5) is 10.5 Å². The summed E-state index contributed by atoms with van der Waals surface area (Å²) in [5, 5.41) is 12.0. The minimum Gasteiger partial charge on any atom is -0.478 e. The van der Waals surface area contributed by atoms with Gasteiger partial charge in [-0.3, -0.25) is 0 Å². The Balaban J connectivity index is 2.24. The maximum Gasteiger partial charge on any atom is 0.338 e. The predicted octanol–water partition coefficient (Wildman–Crippen LogP) is 2.34. The minimum atomic E-state index is -1.05. The molecule has 0 aromatic heterocycles. The number of hydrogen-bond donors (Lipinski definition) is 2. The van der Waals surface area contributed by atoms with Gasteiger partial charge in [0.05, 0.1) is 30.0 Å². The molecule has 1 heterocycles. The van der Waals surface area contributed by atoms with Crippen LogP contribution in [0.25, 0.3) is 0 Å². The average molecular weight is 292 g/mol. The van der Waals surface area contributed by atoms with Crippen molar-refractivity contribution in [1.29, 1.82) is 0 Å². The summed E-state index contributed by atoms with van der Waals surface area (Å²) in [6.45, 7) is 6.96. The van der Waals surface area contributed by atoms with Crippen molar-refractivity contribution in [1.82, 2.24) is 4.90 Å². The number of morpholine rings is 1. The third-order valence-electron chi connectivity index (χ3n) is 3.62. The van der Waals surface area contributed by atoms with E-state index in [1.165, 1.54) is 0 Å². The first kappa shape index (κ1) is 15.3. The van der Waals surface area contributed by atoms with Crippen LogP contribution in [0.15, 0.2) is 18.2 Å². The molecule has 2 amide bonds. The van der Waals surface area contributed by atoms with Gasteiger partial charge in [-0.05, 0) is 32.4 Å². The number of aromatic carboxylic acids is 1. The molecule has 0 saturated carbocycles. The Morgan fingerprint density at radius 1 is 1.38 bits per heavy atom. The van der Waals surface area contributed by atoms with Gasteiger partial charge in [0.1, 0.15) is 0 Å².